The quantitative estimate of drug-likeness (QED) is 0.682. The number of carbonyl (C=O) groups is 1. The van der Waals surface area contributed by atoms with Crippen molar-refractivity contribution in [1.29, 1.82) is 0 Å². The van der Waals surface area contributed by atoms with Gasteiger partial charge in [-0.15, -0.1) is 11.8 Å². The van der Waals surface area contributed by atoms with E-state index in [2.05, 4.69) is 0 Å². The summed E-state index contributed by atoms with van der Waals surface area (Å²) in [6.45, 7) is 0. The standard InChI is InChI=1S/C10H7F3OS/c11-10(12,13)6-2-1-3-8-9(6)7(14)4-5-15-8/h1-3H,4-5H2. The van der Waals surface area contributed by atoms with E-state index in [4.69, 9.17) is 0 Å². The predicted octanol–water partition coefficient (Wildman–Crippen LogP) is 3.38. The maximum Gasteiger partial charge on any atom is 0.417 e. The van der Waals surface area contributed by atoms with Crippen molar-refractivity contribution >= 4 is 17.5 Å². The van der Waals surface area contributed by atoms with E-state index in [-0.39, 0.29) is 12.0 Å². The molecule has 5 heteroatoms. The highest BCUT2D eigenvalue weighted by Gasteiger charge is 2.37. The average molecular weight is 232 g/mol. The number of Topliss-reactive ketones (excluding diaryl/α,β-unsaturated/α-hetero) is 1. The first kappa shape index (κ1) is 10.5. The first-order chi connectivity index (χ1) is 7.00. The van der Waals surface area contributed by atoms with Gasteiger partial charge in [0.2, 0.25) is 0 Å². The van der Waals surface area contributed by atoms with Crippen molar-refractivity contribution in [3.63, 3.8) is 0 Å². The minimum absolute atomic E-state index is 0.152. The molecule has 1 aliphatic rings. The molecular formula is C10H7F3OS. The number of hydrogen-bond donors (Lipinski definition) is 0. The van der Waals surface area contributed by atoms with E-state index in [1.165, 1.54) is 17.8 Å². The highest BCUT2D eigenvalue weighted by molar-refractivity contribution is 7.99. The lowest BCUT2D eigenvalue weighted by Crippen LogP contribution is -2.17. The molecule has 1 nitrogen and oxygen atoms in total. The third kappa shape index (κ3) is 1.88. The molecule has 0 radical (unpaired) electrons. The second-order valence-corrected chi connectivity index (χ2v) is 4.33. The molecule has 0 fully saturated rings. The van der Waals surface area contributed by atoms with Crippen LogP contribution in [0.4, 0.5) is 13.2 Å². The van der Waals surface area contributed by atoms with E-state index in [1.54, 1.807) is 6.07 Å². The molecule has 0 aromatic heterocycles. The molecule has 0 N–H and O–H groups in total. The van der Waals surface area contributed by atoms with Gasteiger partial charge >= 0.3 is 6.18 Å². The number of benzene rings is 1. The smallest absolute Gasteiger partial charge is 0.294 e. The Balaban J connectivity index is 2.62. The Bertz CT molecular complexity index is 412. The van der Waals surface area contributed by atoms with Gasteiger partial charge in [-0.05, 0) is 12.1 Å². The number of ketones is 1. The molecule has 1 aromatic rings. The number of thioether (sulfide) groups is 1. The average Bonchev–Trinajstić information content (AvgIpc) is 2.16. The van der Waals surface area contributed by atoms with Crippen molar-refractivity contribution in [2.45, 2.75) is 17.5 Å². The van der Waals surface area contributed by atoms with Gasteiger partial charge in [0.1, 0.15) is 0 Å². The summed E-state index contributed by atoms with van der Waals surface area (Å²) in [5, 5.41) is 0. The van der Waals surface area contributed by atoms with Crippen LogP contribution in [-0.4, -0.2) is 11.5 Å². The van der Waals surface area contributed by atoms with Crippen LogP contribution in [-0.2, 0) is 6.18 Å². The Morgan fingerprint density at radius 2 is 2.00 bits per heavy atom. The third-order valence-corrected chi connectivity index (χ3v) is 3.26. The summed E-state index contributed by atoms with van der Waals surface area (Å²) in [7, 11) is 0. The van der Waals surface area contributed by atoms with E-state index in [9.17, 15) is 18.0 Å². The second kappa shape index (κ2) is 3.56. The monoisotopic (exact) mass is 232 g/mol. The minimum Gasteiger partial charge on any atom is -0.294 e. The molecule has 0 saturated heterocycles. The Hall–Kier alpha value is -0.970. The Labute approximate surface area is 88.7 Å². The van der Waals surface area contributed by atoms with E-state index < -0.39 is 17.5 Å². The zero-order chi connectivity index (χ0) is 11.1. The number of carbonyl (C=O) groups excluding carboxylic acids is 1. The van der Waals surface area contributed by atoms with Gasteiger partial charge in [-0.25, -0.2) is 0 Å². The lowest BCUT2D eigenvalue weighted by molar-refractivity contribution is -0.138. The van der Waals surface area contributed by atoms with Crippen LogP contribution in [0.25, 0.3) is 0 Å². The van der Waals surface area contributed by atoms with E-state index >= 15 is 0 Å². The SMILES string of the molecule is O=C1CCSc2cccc(C(F)(F)F)c21. The zero-order valence-electron chi connectivity index (χ0n) is 7.60. The van der Waals surface area contributed by atoms with Gasteiger partial charge in [-0.3, -0.25) is 4.79 Å². The van der Waals surface area contributed by atoms with Crippen molar-refractivity contribution in [3.8, 4) is 0 Å². The summed E-state index contributed by atoms with van der Waals surface area (Å²) >= 11 is 1.30. The Kier molecular flexibility index (Phi) is 2.50. The molecule has 1 heterocycles. The fourth-order valence-corrected chi connectivity index (χ4v) is 2.60. The van der Waals surface area contributed by atoms with E-state index in [0.717, 1.165) is 6.07 Å². The number of rotatable bonds is 0. The fourth-order valence-electron chi connectivity index (χ4n) is 1.55. The van der Waals surface area contributed by atoms with Crippen molar-refractivity contribution in [3.05, 3.63) is 29.3 Å². The Morgan fingerprint density at radius 1 is 1.27 bits per heavy atom. The van der Waals surface area contributed by atoms with Gasteiger partial charge in [-0.1, -0.05) is 6.07 Å². The highest BCUT2D eigenvalue weighted by Crippen LogP contribution is 2.39. The zero-order valence-corrected chi connectivity index (χ0v) is 8.41. The molecule has 1 aromatic carbocycles. The second-order valence-electron chi connectivity index (χ2n) is 3.20. The van der Waals surface area contributed by atoms with E-state index in [0.29, 0.717) is 10.6 Å². The lowest BCUT2D eigenvalue weighted by atomic mass is 10.0. The van der Waals surface area contributed by atoms with Gasteiger partial charge < -0.3 is 0 Å². The summed E-state index contributed by atoms with van der Waals surface area (Å²) in [6, 6.07) is 3.86. The van der Waals surface area contributed by atoms with Crippen LogP contribution in [0.2, 0.25) is 0 Å². The molecule has 2 rings (SSSR count). The highest BCUT2D eigenvalue weighted by atomic mass is 32.2. The summed E-state index contributed by atoms with van der Waals surface area (Å²) < 4.78 is 37.8. The Morgan fingerprint density at radius 3 is 2.67 bits per heavy atom. The predicted molar refractivity (Wildman–Crippen MR) is 51.1 cm³/mol. The van der Waals surface area contributed by atoms with Crippen molar-refractivity contribution in [2.24, 2.45) is 0 Å². The molecule has 15 heavy (non-hydrogen) atoms. The van der Waals surface area contributed by atoms with E-state index in [1.807, 2.05) is 0 Å². The summed E-state index contributed by atoms with van der Waals surface area (Å²) in [5.74, 6) is 0.157. The minimum atomic E-state index is -4.45. The maximum atomic E-state index is 12.6. The van der Waals surface area contributed by atoms with Crippen LogP contribution in [0, 0.1) is 0 Å². The molecule has 1 aliphatic heterocycles. The van der Waals surface area contributed by atoms with Gasteiger partial charge in [0.25, 0.3) is 0 Å². The number of fused-ring (bicyclic) bond motifs is 1. The molecular weight excluding hydrogens is 225 g/mol. The van der Waals surface area contributed by atoms with Crippen molar-refractivity contribution in [1.82, 2.24) is 0 Å². The summed E-state index contributed by atoms with van der Waals surface area (Å²) in [5.41, 5.74) is -0.960. The molecule has 80 valence electrons. The fraction of sp³-hybridized carbons (Fsp3) is 0.300. The third-order valence-electron chi connectivity index (χ3n) is 2.20. The molecule has 0 bridgehead atoms. The summed E-state index contributed by atoms with van der Waals surface area (Å²) in [4.78, 5) is 11.9. The molecule has 0 spiro atoms. The number of alkyl halides is 3. The molecule has 0 saturated carbocycles. The van der Waals surface area contributed by atoms with Crippen LogP contribution in [0.5, 0.6) is 0 Å². The van der Waals surface area contributed by atoms with Crippen LogP contribution < -0.4 is 0 Å². The molecule has 0 atom stereocenters. The molecule has 0 amide bonds. The number of hydrogen-bond acceptors (Lipinski definition) is 2. The van der Waals surface area contributed by atoms with Gasteiger partial charge in [0, 0.05) is 22.6 Å². The largest absolute Gasteiger partial charge is 0.417 e. The maximum absolute atomic E-state index is 12.6. The molecule has 0 unspecified atom stereocenters. The van der Waals surface area contributed by atoms with Crippen LogP contribution >= 0.6 is 11.8 Å². The van der Waals surface area contributed by atoms with Gasteiger partial charge in [0.05, 0.1) is 5.56 Å². The molecule has 0 aliphatic carbocycles. The van der Waals surface area contributed by atoms with Gasteiger partial charge in [0.15, 0.2) is 5.78 Å². The topological polar surface area (TPSA) is 17.1 Å². The van der Waals surface area contributed by atoms with Crippen LogP contribution in [0.1, 0.15) is 22.3 Å². The lowest BCUT2D eigenvalue weighted by Gasteiger charge is -2.18. The normalized spacial score (nSPS) is 16.3. The van der Waals surface area contributed by atoms with Crippen LogP contribution in [0.3, 0.4) is 0 Å². The first-order valence-corrected chi connectivity index (χ1v) is 5.35. The first-order valence-electron chi connectivity index (χ1n) is 4.36. The van der Waals surface area contributed by atoms with Gasteiger partial charge in [-0.2, -0.15) is 13.2 Å². The van der Waals surface area contributed by atoms with Crippen LogP contribution in [0.15, 0.2) is 23.1 Å². The number of halogens is 3. The summed E-state index contributed by atoms with van der Waals surface area (Å²) in [6.07, 6.45) is -4.26. The van der Waals surface area contributed by atoms with Crippen molar-refractivity contribution < 1.29 is 18.0 Å². The van der Waals surface area contributed by atoms with Crippen molar-refractivity contribution in [2.75, 3.05) is 5.75 Å².